The van der Waals surface area contributed by atoms with Crippen LogP contribution in [0.2, 0.25) is 0 Å². The Labute approximate surface area is 77.0 Å². The van der Waals surface area contributed by atoms with Crippen LogP contribution in [0.5, 0.6) is 0 Å². The average Bonchev–Trinajstić information content (AvgIpc) is 2.30. The van der Waals surface area contributed by atoms with Crippen molar-refractivity contribution in [3.05, 3.63) is 0 Å². The Morgan fingerprint density at radius 2 is 2.46 bits per heavy atom. The molecule has 0 radical (unpaired) electrons. The van der Waals surface area contributed by atoms with E-state index < -0.39 is 0 Å². The van der Waals surface area contributed by atoms with Gasteiger partial charge in [-0.05, 0) is 0 Å². The van der Waals surface area contributed by atoms with Gasteiger partial charge in [-0.1, -0.05) is 0 Å². The molecule has 1 aliphatic rings. The van der Waals surface area contributed by atoms with Crippen molar-refractivity contribution in [2.24, 2.45) is 0 Å². The van der Waals surface area contributed by atoms with Gasteiger partial charge in [0.15, 0.2) is 0 Å². The number of nitrogens with zero attached hydrogens (tertiary/aromatic N) is 1. The van der Waals surface area contributed by atoms with E-state index in [4.69, 9.17) is 4.74 Å². The van der Waals surface area contributed by atoms with Crippen molar-refractivity contribution in [2.45, 2.75) is 19.4 Å². The summed E-state index contributed by atoms with van der Waals surface area (Å²) in [6.07, 6.45) is 0.313. The van der Waals surface area contributed by atoms with Gasteiger partial charge in [-0.15, -0.1) is 0 Å². The predicted octanol–water partition coefficient (Wildman–Crippen LogP) is -0.0368. The Morgan fingerprint density at radius 3 is 2.92 bits per heavy atom. The van der Waals surface area contributed by atoms with Gasteiger partial charge in [-0.2, -0.15) is 0 Å². The van der Waals surface area contributed by atoms with E-state index in [1.165, 1.54) is 11.8 Å². The molecular formula is C8H14N2O3. The van der Waals surface area contributed by atoms with E-state index >= 15 is 0 Å². The molecule has 0 spiro atoms. The van der Waals surface area contributed by atoms with E-state index in [0.29, 0.717) is 19.5 Å². The lowest BCUT2D eigenvalue weighted by Crippen LogP contribution is -2.26. The molecule has 0 bridgehead atoms. The molecule has 2 amide bonds. The van der Waals surface area contributed by atoms with Gasteiger partial charge in [0, 0.05) is 26.9 Å². The lowest BCUT2D eigenvalue weighted by Gasteiger charge is -2.07. The van der Waals surface area contributed by atoms with Crippen LogP contribution in [0.3, 0.4) is 0 Å². The first-order valence-electron chi connectivity index (χ1n) is 4.26. The van der Waals surface area contributed by atoms with Crippen molar-refractivity contribution in [1.82, 2.24) is 10.2 Å². The minimum atomic E-state index is -0.284. The van der Waals surface area contributed by atoms with Crippen LogP contribution < -0.4 is 5.32 Å². The highest BCUT2D eigenvalue weighted by Crippen LogP contribution is 2.10. The zero-order chi connectivity index (χ0) is 9.84. The maximum Gasteiger partial charge on any atom is 0.409 e. The molecule has 13 heavy (non-hydrogen) atoms. The Morgan fingerprint density at radius 1 is 1.77 bits per heavy atom. The minimum Gasteiger partial charge on any atom is -0.444 e. The van der Waals surface area contributed by atoms with Crippen LogP contribution in [0, 0.1) is 0 Å². The summed E-state index contributed by atoms with van der Waals surface area (Å²) in [5.41, 5.74) is 0. The number of cyclic esters (lactones) is 1. The second-order valence-corrected chi connectivity index (χ2v) is 3.16. The maximum atomic E-state index is 10.9. The number of carbonyl (C=O) groups is 2. The Balaban J connectivity index is 2.17. The highest BCUT2D eigenvalue weighted by Gasteiger charge is 2.27. The SMILES string of the molecule is CC(=O)NCCC1CN(C)C(=O)O1. The molecule has 1 atom stereocenters. The topological polar surface area (TPSA) is 58.6 Å². The molecular weight excluding hydrogens is 172 g/mol. The van der Waals surface area contributed by atoms with Crippen LogP contribution in [0.15, 0.2) is 0 Å². The smallest absolute Gasteiger partial charge is 0.409 e. The van der Waals surface area contributed by atoms with Gasteiger partial charge in [-0.25, -0.2) is 4.79 Å². The summed E-state index contributed by atoms with van der Waals surface area (Å²) < 4.78 is 4.99. The quantitative estimate of drug-likeness (QED) is 0.673. The minimum absolute atomic E-state index is 0.0577. The molecule has 1 fully saturated rings. The zero-order valence-electron chi connectivity index (χ0n) is 7.87. The summed E-state index contributed by atoms with van der Waals surface area (Å²) in [7, 11) is 1.70. The number of amides is 2. The Kier molecular flexibility index (Phi) is 3.11. The van der Waals surface area contributed by atoms with E-state index in [1.807, 2.05) is 0 Å². The first-order valence-corrected chi connectivity index (χ1v) is 4.26. The number of nitrogens with one attached hydrogen (secondary N) is 1. The number of likely N-dealkylation sites (N-methyl/N-ethyl adjacent to an activating group) is 1. The van der Waals surface area contributed by atoms with Crippen molar-refractivity contribution in [3.63, 3.8) is 0 Å². The summed E-state index contributed by atoms with van der Waals surface area (Å²) in [5.74, 6) is -0.0577. The number of hydrogen-bond acceptors (Lipinski definition) is 3. The van der Waals surface area contributed by atoms with Gasteiger partial charge < -0.3 is 15.0 Å². The molecule has 5 heteroatoms. The van der Waals surface area contributed by atoms with Gasteiger partial charge in [-0.3, -0.25) is 4.79 Å². The summed E-state index contributed by atoms with van der Waals surface area (Å²) in [4.78, 5) is 22.9. The molecule has 5 nitrogen and oxygen atoms in total. The summed E-state index contributed by atoms with van der Waals surface area (Å²) >= 11 is 0. The number of hydrogen-bond donors (Lipinski definition) is 1. The Hall–Kier alpha value is -1.26. The fourth-order valence-corrected chi connectivity index (χ4v) is 1.21. The molecule has 1 rings (SSSR count). The molecule has 0 aromatic carbocycles. The van der Waals surface area contributed by atoms with Crippen molar-refractivity contribution < 1.29 is 14.3 Å². The second-order valence-electron chi connectivity index (χ2n) is 3.16. The van der Waals surface area contributed by atoms with Gasteiger partial charge in [0.25, 0.3) is 0 Å². The molecule has 1 N–H and O–H groups in total. The van der Waals surface area contributed by atoms with Crippen LogP contribution in [0.1, 0.15) is 13.3 Å². The third kappa shape index (κ3) is 2.93. The fraction of sp³-hybridized carbons (Fsp3) is 0.750. The summed E-state index contributed by atoms with van der Waals surface area (Å²) in [6.45, 7) is 2.63. The van der Waals surface area contributed by atoms with E-state index in [2.05, 4.69) is 5.32 Å². The highest BCUT2D eigenvalue weighted by atomic mass is 16.6. The number of ether oxygens (including phenoxy) is 1. The van der Waals surface area contributed by atoms with E-state index in [0.717, 1.165) is 0 Å². The highest BCUT2D eigenvalue weighted by molar-refractivity contribution is 5.72. The largest absolute Gasteiger partial charge is 0.444 e. The van der Waals surface area contributed by atoms with E-state index in [-0.39, 0.29) is 18.1 Å². The second kappa shape index (κ2) is 4.11. The van der Waals surface area contributed by atoms with Gasteiger partial charge in [0.1, 0.15) is 6.10 Å². The first kappa shape index (κ1) is 9.83. The molecule has 0 aromatic heterocycles. The standard InChI is InChI=1S/C8H14N2O3/c1-6(11)9-4-3-7-5-10(2)8(12)13-7/h7H,3-5H2,1-2H3,(H,9,11). The van der Waals surface area contributed by atoms with E-state index in [9.17, 15) is 9.59 Å². The molecule has 1 aliphatic heterocycles. The van der Waals surface area contributed by atoms with Crippen molar-refractivity contribution in [2.75, 3.05) is 20.1 Å². The molecule has 0 saturated carbocycles. The monoisotopic (exact) mass is 186 g/mol. The van der Waals surface area contributed by atoms with Crippen LogP contribution in [-0.4, -0.2) is 43.1 Å². The third-order valence-corrected chi connectivity index (χ3v) is 1.90. The van der Waals surface area contributed by atoms with E-state index in [1.54, 1.807) is 7.05 Å². The molecule has 0 aliphatic carbocycles. The maximum absolute atomic E-state index is 10.9. The summed E-state index contributed by atoms with van der Waals surface area (Å²) in [5, 5.41) is 2.65. The van der Waals surface area contributed by atoms with Crippen LogP contribution in [0.25, 0.3) is 0 Å². The van der Waals surface area contributed by atoms with Gasteiger partial charge in [0.2, 0.25) is 5.91 Å². The molecule has 74 valence electrons. The zero-order valence-corrected chi connectivity index (χ0v) is 7.87. The predicted molar refractivity (Wildman–Crippen MR) is 46.2 cm³/mol. The molecule has 1 saturated heterocycles. The van der Waals surface area contributed by atoms with Crippen molar-refractivity contribution in [3.8, 4) is 0 Å². The van der Waals surface area contributed by atoms with Crippen molar-refractivity contribution in [1.29, 1.82) is 0 Å². The van der Waals surface area contributed by atoms with Crippen molar-refractivity contribution >= 4 is 12.0 Å². The molecule has 0 aromatic rings. The average molecular weight is 186 g/mol. The fourth-order valence-electron chi connectivity index (χ4n) is 1.21. The van der Waals surface area contributed by atoms with Crippen LogP contribution in [-0.2, 0) is 9.53 Å². The third-order valence-electron chi connectivity index (χ3n) is 1.90. The van der Waals surface area contributed by atoms with Gasteiger partial charge in [0.05, 0.1) is 6.54 Å². The van der Waals surface area contributed by atoms with Crippen LogP contribution in [0.4, 0.5) is 4.79 Å². The number of rotatable bonds is 3. The first-order chi connectivity index (χ1) is 6.09. The molecule has 1 heterocycles. The normalized spacial score (nSPS) is 21.5. The van der Waals surface area contributed by atoms with Crippen LogP contribution >= 0.6 is 0 Å². The lowest BCUT2D eigenvalue weighted by atomic mass is 10.2. The van der Waals surface area contributed by atoms with Gasteiger partial charge >= 0.3 is 6.09 Å². The summed E-state index contributed by atoms with van der Waals surface area (Å²) in [6, 6.07) is 0. The Bertz CT molecular complexity index is 217. The number of carbonyl (C=O) groups excluding carboxylic acids is 2. The lowest BCUT2D eigenvalue weighted by molar-refractivity contribution is -0.119. The molecule has 1 unspecified atom stereocenters.